The standard InChI is InChI=1S/C33H32N2O11/c1-14-10-16-8-9-33(44-5)25(27(38)21-12-19-20(13-22(21)30(33)39)24(37)7-6-23(19)36)18(16)11-17(14)32(40)46-35-31-29(43-4)26(34-41)28(42-3)15(2)45-31/h6-7,10-13,15,25-26,28-29,31,35H,8-9H2,1-5H3/t15-,25?,26?,28-,29+,31-,33?/m0/s1. The number of Topliss-reactive ketones (excluding diaryl/α,β-unsaturated/α-hetero) is 2. The van der Waals surface area contributed by atoms with E-state index in [0.717, 1.165) is 17.7 Å². The van der Waals surface area contributed by atoms with Crippen LogP contribution in [0.3, 0.4) is 0 Å². The SMILES string of the molecule is CO[C@@H]1C(N=O)[C@@H](OC)[C@@H](NOC(=O)c2cc3c(cc2C)CCC2(OC)C(=O)c4cc5c(cc4C(=O)C32)C(=O)C=CC5=O)O[C@H]1C. The van der Waals surface area contributed by atoms with Gasteiger partial charge in [0.05, 0.1) is 17.6 Å². The van der Waals surface area contributed by atoms with Gasteiger partial charge >= 0.3 is 5.97 Å². The second kappa shape index (κ2) is 11.8. The van der Waals surface area contributed by atoms with E-state index in [2.05, 4.69) is 10.7 Å². The van der Waals surface area contributed by atoms with Crippen molar-refractivity contribution in [1.82, 2.24) is 5.48 Å². The molecular formula is C33H32N2O11. The molecule has 1 N–H and O–H groups in total. The van der Waals surface area contributed by atoms with Gasteiger partial charge in [0.15, 0.2) is 35.4 Å². The van der Waals surface area contributed by atoms with Crippen molar-refractivity contribution in [2.24, 2.45) is 5.18 Å². The third-order valence-corrected chi connectivity index (χ3v) is 9.57. The Hall–Kier alpha value is -4.27. The first kappa shape index (κ1) is 31.7. The minimum atomic E-state index is -1.59. The van der Waals surface area contributed by atoms with E-state index in [0.29, 0.717) is 17.5 Å². The van der Waals surface area contributed by atoms with Crippen LogP contribution < -0.4 is 5.48 Å². The summed E-state index contributed by atoms with van der Waals surface area (Å²) in [6, 6.07) is 4.96. The van der Waals surface area contributed by atoms with E-state index in [4.69, 9.17) is 23.8 Å². The molecule has 46 heavy (non-hydrogen) atoms. The molecule has 4 aliphatic rings. The van der Waals surface area contributed by atoms with Crippen molar-refractivity contribution in [2.75, 3.05) is 21.3 Å². The van der Waals surface area contributed by atoms with Gasteiger partial charge in [-0.05, 0) is 73.7 Å². The highest BCUT2D eigenvalue weighted by Gasteiger charge is 2.57. The predicted molar refractivity (Wildman–Crippen MR) is 159 cm³/mol. The van der Waals surface area contributed by atoms with Gasteiger partial charge in [0.25, 0.3) is 0 Å². The topological polar surface area (TPSA) is 173 Å². The van der Waals surface area contributed by atoms with Gasteiger partial charge in [-0.3, -0.25) is 19.2 Å². The van der Waals surface area contributed by atoms with E-state index in [1.807, 2.05) is 0 Å². The number of ether oxygens (including phenoxy) is 4. The Balaban J connectivity index is 1.34. The number of hydrogen-bond donors (Lipinski definition) is 1. The number of fused-ring (bicyclic) bond motifs is 5. The summed E-state index contributed by atoms with van der Waals surface area (Å²) in [5.74, 6) is -3.78. The van der Waals surface area contributed by atoms with E-state index in [1.165, 1.54) is 39.5 Å². The van der Waals surface area contributed by atoms with Crippen LogP contribution in [0.1, 0.15) is 87.7 Å². The number of aryl methyl sites for hydroxylation is 2. The number of rotatable bonds is 7. The van der Waals surface area contributed by atoms with E-state index in [9.17, 15) is 28.9 Å². The number of ketones is 4. The average Bonchev–Trinajstić information content (AvgIpc) is 3.06. The van der Waals surface area contributed by atoms with Crippen LogP contribution in [0.15, 0.2) is 41.6 Å². The number of hydrogen-bond acceptors (Lipinski definition) is 13. The first-order valence-electron chi connectivity index (χ1n) is 14.7. The molecule has 13 heteroatoms. The Bertz CT molecular complexity index is 1730. The molecule has 240 valence electrons. The first-order chi connectivity index (χ1) is 22.0. The molecule has 3 unspecified atom stereocenters. The van der Waals surface area contributed by atoms with Crippen LogP contribution >= 0.6 is 0 Å². The molecule has 0 amide bonds. The van der Waals surface area contributed by atoms with Gasteiger partial charge in [-0.1, -0.05) is 11.2 Å². The van der Waals surface area contributed by atoms with Gasteiger partial charge in [-0.2, -0.15) is 4.91 Å². The lowest BCUT2D eigenvalue weighted by Crippen LogP contribution is -2.61. The molecule has 7 atom stereocenters. The summed E-state index contributed by atoms with van der Waals surface area (Å²) < 4.78 is 22.5. The zero-order valence-corrected chi connectivity index (χ0v) is 25.8. The predicted octanol–water partition coefficient (Wildman–Crippen LogP) is 3.00. The van der Waals surface area contributed by atoms with Crippen LogP contribution in [0.2, 0.25) is 0 Å². The van der Waals surface area contributed by atoms with Crippen LogP contribution in [0.25, 0.3) is 0 Å². The molecule has 1 fully saturated rings. The molecule has 1 saturated heterocycles. The van der Waals surface area contributed by atoms with E-state index in [-0.39, 0.29) is 34.2 Å². The maximum atomic E-state index is 14.3. The number of nitrogens with one attached hydrogen (secondary N) is 1. The summed E-state index contributed by atoms with van der Waals surface area (Å²) in [5.41, 5.74) is 2.93. The summed E-state index contributed by atoms with van der Waals surface area (Å²) in [7, 11) is 4.14. The third kappa shape index (κ3) is 4.69. The zero-order chi connectivity index (χ0) is 33.1. The van der Waals surface area contributed by atoms with E-state index >= 15 is 0 Å². The minimum Gasteiger partial charge on any atom is -0.376 e. The molecule has 0 radical (unpaired) electrons. The van der Waals surface area contributed by atoms with Crippen molar-refractivity contribution >= 4 is 29.1 Å². The number of allylic oxidation sites excluding steroid dienone is 2. The average molecular weight is 633 g/mol. The van der Waals surface area contributed by atoms with Crippen LogP contribution in [-0.2, 0) is 30.2 Å². The summed E-state index contributed by atoms with van der Waals surface area (Å²) in [6.07, 6.45) is -0.427. The fraction of sp³-hybridized carbons (Fsp3) is 0.424. The van der Waals surface area contributed by atoms with Gasteiger partial charge in [-0.25, -0.2) is 4.79 Å². The molecule has 2 aromatic rings. The number of benzene rings is 2. The summed E-state index contributed by atoms with van der Waals surface area (Å²) in [6.45, 7) is 3.40. The van der Waals surface area contributed by atoms with Gasteiger partial charge in [-0.15, -0.1) is 5.48 Å². The molecular weight excluding hydrogens is 600 g/mol. The Morgan fingerprint density at radius 3 is 2.20 bits per heavy atom. The fourth-order valence-corrected chi connectivity index (χ4v) is 7.23. The zero-order valence-electron chi connectivity index (χ0n) is 25.8. The quantitative estimate of drug-likeness (QED) is 0.350. The normalized spacial score (nSPS) is 29.8. The molecule has 1 aliphatic heterocycles. The second-order valence-electron chi connectivity index (χ2n) is 11.9. The van der Waals surface area contributed by atoms with Crippen LogP contribution in [0.4, 0.5) is 0 Å². The lowest BCUT2D eigenvalue weighted by atomic mass is 9.61. The maximum Gasteiger partial charge on any atom is 0.357 e. The van der Waals surface area contributed by atoms with Crippen molar-refractivity contribution in [3.8, 4) is 0 Å². The molecule has 3 aliphatic carbocycles. The van der Waals surface area contributed by atoms with Crippen LogP contribution in [0.5, 0.6) is 0 Å². The number of carbonyl (C=O) groups is 5. The van der Waals surface area contributed by atoms with Gasteiger partial charge in [0.1, 0.15) is 17.8 Å². The second-order valence-corrected chi connectivity index (χ2v) is 11.9. The number of methoxy groups -OCH3 is 3. The Labute approximate surface area is 263 Å². The Morgan fingerprint density at radius 1 is 0.935 bits per heavy atom. The highest BCUT2D eigenvalue weighted by Crippen LogP contribution is 2.49. The van der Waals surface area contributed by atoms with Crippen molar-refractivity contribution in [3.63, 3.8) is 0 Å². The highest BCUT2D eigenvalue weighted by molar-refractivity contribution is 6.27. The van der Waals surface area contributed by atoms with Crippen molar-refractivity contribution in [2.45, 2.75) is 68.8 Å². The fourth-order valence-electron chi connectivity index (χ4n) is 7.23. The molecule has 6 rings (SSSR count). The number of nitrogens with zero attached hydrogens (tertiary/aromatic N) is 1. The smallest absolute Gasteiger partial charge is 0.357 e. The minimum absolute atomic E-state index is 0.0129. The Kier molecular flexibility index (Phi) is 8.15. The Morgan fingerprint density at radius 2 is 1.59 bits per heavy atom. The number of carbonyl (C=O) groups excluding carboxylic acids is 5. The molecule has 0 saturated carbocycles. The molecule has 13 nitrogen and oxygen atoms in total. The third-order valence-electron chi connectivity index (χ3n) is 9.57. The van der Waals surface area contributed by atoms with E-state index < -0.39 is 71.2 Å². The van der Waals surface area contributed by atoms with E-state index in [1.54, 1.807) is 19.9 Å². The molecule has 0 bridgehead atoms. The lowest BCUT2D eigenvalue weighted by molar-refractivity contribution is -0.221. The van der Waals surface area contributed by atoms with Gasteiger partial charge in [0, 0.05) is 43.6 Å². The lowest BCUT2D eigenvalue weighted by Gasteiger charge is -2.45. The molecule has 2 aromatic carbocycles. The maximum absolute atomic E-state index is 14.3. The first-order valence-corrected chi connectivity index (χ1v) is 14.7. The molecule has 0 aromatic heterocycles. The largest absolute Gasteiger partial charge is 0.376 e. The number of nitroso groups, excluding NO2 is 1. The van der Waals surface area contributed by atoms with Crippen LogP contribution in [-0.4, -0.2) is 86.6 Å². The highest BCUT2D eigenvalue weighted by atomic mass is 16.7. The van der Waals surface area contributed by atoms with Crippen molar-refractivity contribution in [3.05, 3.63) is 85.8 Å². The summed E-state index contributed by atoms with van der Waals surface area (Å²) in [4.78, 5) is 84.0. The molecule has 0 spiro atoms. The summed E-state index contributed by atoms with van der Waals surface area (Å²) >= 11 is 0. The van der Waals surface area contributed by atoms with Crippen LogP contribution in [0, 0.1) is 11.8 Å². The number of hydroxylamine groups is 1. The van der Waals surface area contributed by atoms with Gasteiger partial charge < -0.3 is 23.8 Å². The van der Waals surface area contributed by atoms with Crippen molar-refractivity contribution in [1.29, 1.82) is 0 Å². The monoisotopic (exact) mass is 632 g/mol. The van der Waals surface area contributed by atoms with Crippen molar-refractivity contribution < 1.29 is 47.8 Å². The summed E-state index contributed by atoms with van der Waals surface area (Å²) in [5, 5.41) is 3.14. The molecule has 1 heterocycles. The van der Waals surface area contributed by atoms with Gasteiger partial charge in [0.2, 0.25) is 0 Å².